The standard InChI is InChI=1S/C13H18ClN/c1-9-7-11(8-9)13(14)10(2)12-5-3-4-6-15-12/h3-6,9-11,13H,7-8H2,1-2H3. The summed E-state index contributed by atoms with van der Waals surface area (Å²) in [5.74, 6) is 1.93. The fourth-order valence-electron chi connectivity index (χ4n) is 2.44. The first-order valence-electron chi connectivity index (χ1n) is 5.73. The predicted octanol–water partition coefficient (Wildman–Crippen LogP) is 3.84. The van der Waals surface area contributed by atoms with Crippen molar-refractivity contribution in [3.63, 3.8) is 0 Å². The molecule has 2 rings (SSSR count). The van der Waals surface area contributed by atoms with Crippen molar-refractivity contribution in [2.24, 2.45) is 11.8 Å². The summed E-state index contributed by atoms with van der Waals surface area (Å²) in [5.41, 5.74) is 1.12. The highest BCUT2D eigenvalue weighted by atomic mass is 35.5. The van der Waals surface area contributed by atoms with Crippen LogP contribution < -0.4 is 0 Å². The molecule has 1 aromatic heterocycles. The van der Waals surface area contributed by atoms with Gasteiger partial charge in [-0.3, -0.25) is 4.98 Å². The molecule has 1 aliphatic carbocycles. The molecule has 2 unspecified atom stereocenters. The summed E-state index contributed by atoms with van der Waals surface area (Å²) in [4.78, 5) is 4.38. The molecule has 0 bridgehead atoms. The summed E-state index contributed by atoms with van der Waals surface area (Å²) in [7, 11) is 0. The van der Waals surface area contributed by atoms with E-state index in [-0.39, 0.29) is 5.38 Å². The molecule has 1 nitrogen and oxygen atoms in total. The van der Waals surface area contributed by atoms with Crippen LogP contribution >= 0.6 is 11.6 Å². The molecule has 0 N–H and O–H groups in total. The molecular weight excluding hydrogens is 206 g/mol. The summed E-state index contributed by atoms with van der Waals surface area (Å²) in [6, 6.07) is 6.05. The molecule has 0 spiro atoms. The average Bonchev–Trinajstić information content (AvgIpc) is 2.24. The zero-order chi connectivity index (χ0) is 10.8. The molecule has 1 fully saturated rings. The number of hydrogen-bond acceptors (Lipinski definition) is 1. The van der Waals surface area contributed by atoms with Crippen LogP contribution in [0, 0.1) is 11.8 Å². The van der Waals surface area contributed by atoms with Crippen LogP contribution in [0.25, 0.3) is 0 Å². The van der Waals surface area contributed by atoms with E-state index in [1.54, 1.807) is 0 Å². The van der Waals surface area contributed by atoms with Crippen LogP contribution in [0.2, 0.25) is 0 Å². The van der Waals surface area contributed by atoms with E-state index in [2.05, 4.69) is 24.9 Å². The molecule has 1 aromatic rings. The molecule has 1 aliphatic rings. The summed E-state index contributed by atoms with van der Waals surface area (Å²) >= 11 is 6.49. The van der Waals surface area contributed by atoms with Gasteiger partial charge >= 0.3 is 0 Å². The Bertz CT molecular complexity index is 306. The first-order valence-corrected chi connectivity index (χ1v) is 6.17. The minimum Gasteiger partial charge on any atom is -0.261 e. The minimum atomic E-state index is 0.246. The van der Waals surface area contributed by atoms with Crippen LogP contribution in [0.5, 0.6) is 0 Å². The normalized spacial score (nSPS) is 29.3. The van der Waals surface area contributed by atoms with Gasteiger partial charge in [0.1, 0.15) is 0 Å². The second kappa shape index (κ2) is 4.52. The van der Waals surface area contributed by atoms with E-state index in [0.29, 0.717) is 11.8 Å². The van der Waals surface area contributed by atoms with E-state index < -0.39 is 0 Å². The number of nitrogens with zero attached hydrogens (tertiary/aromatic N) is 1. The monoisotopic (exact) mass is 223 g/mol. The van der Waals surface area contributed by atoms with Crippen molar-refractivity contribution in [3.8, 4) is 0 Å². The number of rotatable bonds is 3. The summed E-state index contributed by atoms with van der Waals surface area (Å²) in [6.45, 7) is 4.48. The molecule has 0 saturated heterocycles. The topological polar surface area (TPSA) is 12.9 Å². The van der Waals surface area contributed by atoms with E-state index in [1.165, 1.54) is 12.8 Å². The Morgan fingerprint density at radius 3 is 2.67 bits per heavy atom. The van der Waals surface area contributed by atoms with Gasteiger partial charge in [-0.1, -0.05) is 19.9 Å². The maximum absolute atomic E-state index is 6.49. The molecule has 1 heterocycles. The number of halogens is 1. The van der Waals surface area contributed by atoms with Gasteiger partial charge < -0.3 is 0 Å². The molecule has 0 amide bonds. The average molecular weight is 224 g/mol. The van der Waals surface area contributed by atoms with Gasteiger partial charge in [-0.15, -0.1) is 11.6 Å². The van der Waals surface area contributed by atoms with Gasteiger partial charge in [-0.25, -0.2) is 0 Å². The molecule has 0 aliphatic heterocycles. The zero-order valence-corrected chi connectivity index (χ0v) is 10.1. The van der Waals surface area contributed by atoms with Crippen molar-refractivity contribution in [1.82, 2.24) is 4.98 Å². The van der Waals surface area contributed by atoms with E-state index in [4.69, 9.17) is 11.6 Å². The molecule has 0 radical (unpaired) electrons. The summed E-state index contributed by atoms with van der Waals surface area (Å²) in [5, 5.41) is 0.246. The maximum atomic E-state index is 6.49. The lowest BCUT2D eigenvalue weighted by Crippen LogP contribution is -2.32. The number of hydrogen-bond donors (Lipinski definition) is 0. The summed E-state index contributed by atoms with van der Waals surface area (Å²) in [6.07, 6.45) is 4.41. The van der Waals surface area contributed by atoms with E-state index in [1.807, 2.05) is 18.3 Å². The van der Waals surface area contributed by atoms with Crippen molar-refractivity contribution in [2.75, 3.05) is 0 Å². The number of alkyl halides is 1. The molecule has 82 valence electrons. The second-order valence-corrected chi connectivity index (χ2v) is 5.33. The minimum absolute atomic E-state index is 0.246. The van der Waals surface area contributed by atoms with Gasteiger partial charge in [0.25, 0.3) is 0 Å². The third kappa shape index (κ3) is 2.34. The fourth-order valence-corrected chi connectivity index (χ4v) is 2.78. The van der Waals surface area contributed by atoms with Crippen molar-refractivity contribution >= 4 is 11.6 Å². The van der Waals surface area contributed by atoms with E-state index in [0.717, 1.165) is 11.6 Å². The van der Waals surface area contributed by atoms with Crippen molar-refractivity contribution in [1.29, 1.82) is 0 Å². The largest absolute Gasteiger partial charge is 0.261 e. The predicted molar refractivity (Wildman–Crippen MR) is 64.2 cm³/mol. The molecule has 2 atom stereocenters. The fraction of sp³-hybridized carbons (Fsp3) is 0.615. The lowest BCUT2D eigenvalue weighted by Gasteiger charge is -2.38. The van der Waals surface area contributed by atoms with Gasteiger partial charge in [0.15, 0.2) is 0 Å². The first-order chi connectivity index (χ1) is 7.18. The van der Waals surface area contributed by atoms with Crippen LogP contribution in [0.4, 0.5) is 0 Å². The Labute approximate surface area is 96.9 Å². The van der Waals surface area contributed by atoms with Crippen LogP contribution in [0.3, 0.4) is 0 Å². The van der Waals surface area contributed by atoms with Gasteiger partial charge in [-0.2, -0.15) is 0 Å². The first kappa shape index (κ1) is 10.9. The highest BCUT2D eigenvalue weighted by molar-refractivity contribution is 6.21. The van der Waals surface area contributed by atoms with Gasteiger partial charge in [0.05, 0.1) is 0 Å². The highest BCUT2D eigenvalue weighted by Crippen LogP contribution is 2.42. The smallest absolute Gasteiger partial charge is 0.0446 e. The van der Waals surface area contributed by atoms with Gasteiger partial charge in [-0.05, 0) is 36.8 Å². The third-order valence-corrected chi connectivity index (χ3v) is 4.23. The van der Waals surface area contributed by atoms with Crippen molar-refractivity contribution in [2.45, 2.75) is 38.0 Å². The van der Waals surface area contributed by atoms with Crippen LogP contribution in [-0.4, -0.2) is 10.4 Å². The Morgan fingerprint density at radius 2 is 2.13 bits per heavy atom. The van der Waals surface area contributed by atoms with Gasteiger partial charge in [0, 0.05) is 23.2 Å². The Hall–Kier alpha value is -0.560. The SMILES string of the molecule is CC1CC(C(Cl)C(C)c2ccccn2)C1. The quantitative estimate of drug-likeness (QED) is 0.710. The van der Waals surface area contributed by atoms with Crippen molar-refractivity contribution in [3.05, 3.63) is 30.1 Å². The summed E-state index contributed by atoms with van der Waals surface area (Å²) < 4.78 is 0. The molecule has 2 heteroatoms. The van der Waals surface area contributed by atoms with Crippen molar-refractivity contribution < 1.29 is 0 Å². The van der Waals surface area contributed by atoms with Crippen LogP contribution in [0.1, 0.15) is 38.3 Å². The second-order valence-electron chi connectivity index (χ2n) is 4.82. The molecule has 15 heavy (non-hydrogen) atoms. The Balaban J connectivity index is 1.99. The lowest BCUT2D eigenvalue weighted by atomic mass is 9.71. The Morgan fingerprint density at radius 1 is 1.40 bits per heavy atom. The number of pyridine rings is 1. The molecule has 1 saturated carbocycles. The maximum Gasteiger partial charge on any atom is 0.0446 e. The number of aromatic nitrogens is 1. The third-order valence-electron chi connectivity index (χ3n) is 3.49. The zero-order valence-electron chi connectivity index (χ0n) is 9.36. The lowest BCUT2D eigenvalue weighted by molar-refractivity contribution is 0.194. The van der Waals surface area contributed by atoms with Crippen LogP contribution in [0.15, 0.2) is 24.4 Å². The van der Waals surface area contributed by atoms with E-state index >= 15 is 0 Å². The van der Waals surface area contributed by atoms with Gasteiger partial charge in [0.2, 0.25) is 0 Å². The molecule has 0 aromatic carbocycles. The molecular formula is C13H18ClN. The van der Waals surface area contributed by atoms with E-state index in [9.17, 15) is 0 Å². The highest BCUT2D eigenvalue weighted by Gasteiger charge is 2.34. The van der Waals surface area contributed by atoms with Crippen LogP contribution in [-0.2, 0) is 0 Å². The Kier molecular flexibility index (Phi) is 3.30.